The SMILES string of the molecule is COCC(NS(=O)(=O)c1cc(Br)sc1C)C(C)C. The molecule has 0 spiro atoms. The van der Waals surface area contributed by atoms with Crippen molar-refractivity contribution in [2.75, 3.05) is 13.7 Å². The van der Waals surface area contributed by atoms with E-state index in [0.717, 1.165) is 8.66 Å². The van der Waals surface area contributed by atoms with E-state index in [4.69, 9.17) is 4.74 Å². The maximum Gasteiger partial charge on any atom is 0.242 e. The summed E-state index contributed by atoms with van der Waals surface area (Å²) in [5.74, 6) is 0.169. The van der Waals surface area contributed by atoms with Gasteiger partial charge in [0.25, 0.3) is 0 Å². The molecule has 1 N–H and O–H groups in total. The highest BCUT2D eigenvalue weighted by Crippen LogP contribution is 2.29. The first kappa shape index (κ1) is 16.1. The van der Waals surface area contributed by atoms with Crippen molar-refractivity contribution >= 4 is 37.3 Å². The number of ether oxygens (including phenoxy) is 1. The Hall–Kier alpha value is 0.0500. The fourth-order valence-electron chi connectivity index (χ4n) is 1.50. The molecule has 0 saturated carbocycles. The smallest absolute Gasteiger partial charge is 0.242 e. The Balaban J connectivity index is 2.97. The molecule has 0 fully saturated rings. The zero-order chi connectivity index (χ0) is 13.9. The molecule has 104 valence electrons. The molecule has 1 aromatic rings. The topological polar surface area (TPSA) is 55.4 Å². The molecular weight excluding hydrogens is 338 g/mol. The van der Waals surface area contributed by atoms with Crippen LogP contribution in [0.3, 0.4) is 0 Å². The Morgan fingerprint density at radius 2 is 2.11 bits per heavy atom. The average Bonchev–Trinajstić information content (AvgIpc) is 2.57. The van der Waals surface area contributed by atoms with E-state index in [-0.39, 0.29) is 12.0 Å². The fourth-order valence-corrected chi connectivity index (χ4v) is 5.29. The van der Waals surface area contributed by atoms with Gasteiger partial charge in [-0.25, -0.2) is 13.1 Å². The molecule has 0 aliphatic heterocycles. The van der Waals surface area contributed by atoms with Crippen LogP contribution in [0, 0.1) is 12.8 Å². The van der Waals surface area contributed by atoms with Crippen LogP contribution in [0.1, 0.15) is 18.7 Å². The average molecular weight is 356 g/mol. The lowest BCUT2D eigenvalue weighted by Gasteiger charge is -2.21. The van der Waals surface area contributed by atoms with Crippen LogP contribution >= 0.6 is 27.3 Å². The van der Waals surface area contributed by atoms with Crippen molar-refractivity contribution < 1.29 is 13.2 Å². The van der Waals surface area contributed by atoms with E-state index < -0.39 is 10.0 Å². The van der Waals surface area contributed by atoms with Crippen molar-refractivity contribution in [2.45, 2.75) is 31.7 Å². The molecule has 1 unspecified atom stereocenters. The number of nitrogens with one attached hydrogen (secondary N) is 1. The van der Waals surface area contributed by atoms with Crippen LogP contribution in [-0.4, -0.2) is 28.2 Å². The van der Waals surface area contributed by atoms with Crippen molar-refractivity contribution in [1.82, 2.24) is 4.72 Å². The number of thiophene rings is 1. The Bertz CT molecular complexity index is 496. The lowest BCUT2D eigenvalue weighted by Crippen LogP contribution is -2.41. The molecule has 0 saturated heterocycles. The zero-order valence-corrected chi connectivity index (χ0v) is 14.1. The normalized spacial score (nSPS) is 14.1. The molecule has 1 atom stereocenters. The van der Waals surface area contributed by atoms with Gasteiger partial charge in [-0.2, -0.15) is 0 Å². The van der Waals surface area contributed by atoms with Gasteiger partial charge in [-0.05, 0) is 34.8 Å². The third-order valence-corrected chi connectivity index (χ3v) is 5.89. The Labute approximate surface area is 121 Å². The largest absolute Gasteiger partial charge is 0.383 e. The van der Waals surface area contributed by atoms with Crippen LogP contribution in [0.2, 0.25) is 0 Å². The van der Waals surface area contributed by atoms with Crippen LogP contribution < -0.4 is 4.72 Å². The number of hydrogen-bond acceptors (Lipinski definition) is 4. The summed E-state index contributed by atoms with van der Waals surface area (Å²) in [6, 6.07) is 1.41. The van der Waals surface area contributed by atoms with Gasteiger partial charge in [0, 0.05) is 18.0 Å². The maximum atomic E-state index is 12.3. The minimum Gasteiger partial charge on any atom is -0.383 e. The number of hydrogen-bond donors (Lipinski definition) is 1. The summed E-state index contributed by atoms with van der Waals surface area (Å²) in [5, 5.41) is 0. The first-order valence-electron chi connectivity index (χ1n) is 5.55. The number of rotatable bonds is 6. The minimum atomic E-state index is -3.49. The van der Waals surface area contributed by atoms with Gasteiger partial charge in [0.05, 0.1) is 15.3 Å². The molecule has 7 heteroatoms. The van der Waals surface area contributed by atoms with Gasteiger partial charge in [0.1, 0.15) is 0 Å². The monoisotopic (exact) mass is 355 g/mol. The van der Waals surface area contributed by atoms with Crippen LogP contribution in [0.15, 0.2) is 14.7 Å². The highest BCUT2D eigenvalue weighted by Gasteiger charge is 2.25. The van der Waals surface area contributed by atoms with Gasteiger partial charge in [-0.1, -0.05) is 13.8 Å². The lowest BCUT2D eigenvalue weighted by atomic mass is 10.1. The molecule has 0 radical (unpaired) electrons. The van der Waals surface area contributed by atoms with Crippen LogP contribution in [0.25, 0.3) is 0 Å². The zero-order valence-electron chi connectivity index (χ0n) is 10.9. The van der Waals surface area contributed by atoms with Crippen molar-refractivity contribution in [2.24, 2.45) is 5.92 Å². The molecule has 1 aromatic heterocycles. The molecule has 0 aromatic carbocycles. The van der Waals surface area contributed by atoms with Gasteiger partial charge < -0.3 is 4.74 Å². The Morgan fingerprint density at radius 3 is 2.50 bits per heavy atom. The van der Waals surface area contributed by atoms with Gasteiger partial charge in [0.2, 0.25) is 10.0 Å². The third kappa shape index (κ3) is 4.03. The summed E-state index contributed by atoms with van der Waals surface area (Å²) in [6.07, 6.45) is 0. The van der Waals surface area contributed by atoms with E-state index in [1.165, 1.54) is 11.3 Å². The summed E-state index contributed by atoms with van der Waals surface area (Å²) in [7, 11) is -1.92. The molecular formula is C11H18BrNO3S2. The maximum absolute atomic E-state index is 12.3. The van der Waals surface area contributed by atoms with Crippen LogP contribution in [0.4, 0.5) is 0 Å². The van der Waals surface area contributed by atoms with Crippen molar-refractivity contribution in [3.63, 3.8) is 0 Å². The van der Waals surface area contributed by atoms with E-state index in [0.29, 0.717) is 11.5 Å². The quantitative estimate of drug-likeness (QED) is 0.853. The van der Waals surface area contributed by atoms with E-state index in [2.05, 4.69) is 20.7 Å². The van der Waals surface area contributed by atoms with Gasteiger partial charge in [-0.15, -0.1) is 11.3 Å². The predicted molar refractivity (Wildman–Crippen MR) is 77.6 cm³/mol. The van der Waals surface area contributed by atoms with E-state index in [1.807, 2.05) is 13.8 Å². The minimum absolute atomic E-state index is 0.169. The summed E-state index contributed by atoms with van der Waals surface area (Å²) in [6.45, 7) is 6.08. The third-order valence-electron chi connectivity index (χ3n) is 2.59. The highest BCUT2D eigenvalue weighted by molar-refractivity contribution is 9.11. The number of halogens is 1. The molecule has 1 heterocycles. The van der Waals surface area contributed by atoms with Crippen molar-refractivity contribution in [1.29, 1.82) is 0 Å². The molecule has 4 nitrogen and oxygen atoms in total. The second kappa shape index (κ2) is 6.47. The Kier molecular flexibility index (Phi) is 5.79. The molecule has 0 bridgehead atoms. The summed E-state index contributed by atoms with van der Waals surface area (Å²) in [5.41, 5.74) is 0. The number of aryl methyl sites for hydroxylation is 1. The van der Waals surface area contributed by atoms with Gasteiger partial charge in [-0.3, -0.25) is 0 Å². The second-order valence-electron chi connectivity index (χ2n) is 4.40. The van der Waals surface area contributed by atoms with Crippen LogP contribution in [0.5, 0.6) is 0 Å². The summed E-state index contributed by atoms with van der Waals surface area (Å²) < 4.78 is 33.1. The second-order valence-corrected chi connectivity index (χ2v) is 8.72. The van der Waals surface area contributed by atoms with E-state index >= 15 is 0 Å². The number of methoxy groups -OCH3 is 1. The molecule has 0 amide bonds. The highest BCUT2D eigenvalue weighted by atomic mass is 79.9. The van der Waals surface area contributed by atoms with E-state index in [9.17, 15) is 8.42 Å². The number of sulfonamides is 1. The standard InChI is InChI=1S/C11H18BrNO3S2/c1-7(2)9(6-16-4)13-18(14,15)10-5-11(12)17-8(10)3/h5,7,9,13H,6H2,1-4H3. The van der Waals surface area contributed by atoms with Crippen molar-refractivity contribution in [3.05, 3.63) is 14.7 Å². The van der Waals surface area contributed by atoms with Crippen LogP contribution in [-0.2, 0) is 14.8 Å². The fraction of sp³-hybridized carbons (Fsp3) is 0.636. The van der Waals surface area contributed by atoms with Crippen molar-refractivity contribution in [3.8, 4) is 0 Å². The molecule has 18 heavy (non-hydrogen) atoms. The molecule has 0 aliphatic carbocycles. The first-order chi connectivity index (χ1) is 8.27. The molecule has 1 rings (SSSR count). The molecule has 0 aliphatic rings. The summed E-state index contributed by atoms with van der Waals surface area (Å²) >= 11 is 4.71. The predicted octanol–water partition coefficient (Wildman–Crippen LogP) is 2.77. The van der Waals surface area contributed by atoms with Gasteiger partial charge in [0.15, 0.2) is 0 Å². The first-order valence-corrected chi connectivity index (χ1v) is 8.64. The Morgan fingerprint density at radius 1 is 1.50 bits per heavy atom. The van der Waals surface area contributed by atoms with Gasteiger partial charge >= 0.3 is 0 Å². The summed E-state index contributed by atoms with van der Waals surface area (Å²) in [4.78, 5) is 1.11. The lowest BCUT2D eigenvalue weighted by molar-refractivity contribution is 0.157. The van der Waals surface area contributed by atoms with E-state index in [1.54, 1.807) is 20.1 Å².